The first-order valence-electron chi connectivity index (χ1n) is 9.71. The normalized spacial score (nSPS) is 16.4. The van der Waals surface area contributed by atoms with Crippen molar-refractivity contribution in [2.75, 3.05) is 19.8 Å². The number of ether oxygens (including phenoxy) is 2. The van der Waals surface area contributed by atoms with E-state index in [0.717, 1.165) is 16.2 Å². The van der Waals surface area contributed by atoms with Gasteiger partial charge < -0.3 is 18.9 Å². The number of aromatic nitrogens is 2. The number of likely N-dealkylation sites (tertiary alicyclic amines) is 1. The molecule has 0 saturated carbocycles. The molecule has 29 heavy (non-hydrogen) atoms. The largest absolute Gasteiger partial charge is 0.490 e. The third-order valence-corrected chi connectivity index (χ3v) is 5.59. The Morgan fingerprint density at radius 2 is 2.03 bits per heavy atom. The summed E-state index contributed by atoms with van der Waals surface area (Å²) in [5.41, 5.74) is 0.998. The van der Waals surface area contributed by atoms with Crippen molar-refractivity contribution in [3.63, 3.8) is 0 Å². The number of hydrogen-bond acceptors (Lipinski definition) is 7. The minimum Gasteiger partial charge on any atom is -0.490 e. The van der Waals surface area contributed by atoms with Crippen molar-refractivity contribution in [1.82, 2.24) is 15.0 Å². The van der Waals surface area contributed by atoms with Gasteiger partial charge in [0.05, 0.1) is 18.1 Å². The van der Waals surface area contributed by atoms with Gasteiger partial charge in [0.2, 0.25) is 5.91 Å². The Labute approximate surface area is 173 Å². The molecule has 1 aliphatic rings. The fourth-order valence-electron chi connectivity index (χ4n) is 3.41. The first-order valence-corrected chi connectivity index (χ1v) is 10.6. The van der Waals surface area contributed by atoms with Crippen molar-refractivity contribution < 1.29 is 18.8 Å². The van der Waals surface area contributed by atoms with Crippen LogP contribution in [0.3, 0.4) is 0 Å². The zero-order valence-corrected chi connectivity index (χ0v) is 17.3. The third-order valence-electron chi connectivity index (χ3n) is 4.73. The first kappa shape index (κ1) is 19.4. The van der Waals surface area contributed by atoms with Gasteiger partial charge in [-0.1, -0.05) is 17.3 Å². The van der Waals surface area contributed by atoms with Crippen LogP contribution in [0.5, 0.6) is 11.5 Å². The molecular formula is C21H23N3O4S. The summed E-state index contributed by atoms with van der Waals surface area (Å²) >= 11 is 1.55. The van der Waals surface area contributed by atoms with E-state index in [1.807, 2.05) is 54.5 Å². The summed E-state index contributed by atoms with van der Waals surface area (Å²) in [4.78, 5) is 19.8. The summed E-state index contributed by atoms with van der Waals surface area (Å²) in [6, 6.07) is 9.69. The lowest BCUT2D eigenvalue weighted by molar-refractivity contribution is -0.128. The number of rotatable bonds is 8. The topological polar surface area (TPSA) is 77.7 Å². The van der Waals surface area contributed by atoms with Gasteiger partial charge in [-0.05, 0) is 43.0 Å². The van der Waals surface area contributed by atoms with Crippen LogP contribution >= 0.6 is 11.3 Å². The van der Waals surface area contributed by atoms with E-state index in [-0.39, 0.29) is 11.8 Å². The van der Waals surface area contributed by atoms with E-state index in [4.69, 9.17) is 14.0 Å². The lowest BCUT2D eigenvalue weighted by Gasteiger charge is -2.18. The van der Waals surface area contributed by atoms with Crippen molar-refractivity contribution in [3.8, 4) is 22.3 Å². The van der Waals surface area contributed by atoms with E-state index in [9.17, 15) is 4.79 Å². The number of carbonyl (C=O) groups is 1. The standard InChI is InChI=1S/C21H23N3O4S/c1-3-26-16-8-7-14(10-17(16)27-4-2)12-24-13-15(11-19(24)25)20-22-21(28-23-20)18-6-5-9-29-18/h5-10,15H,3-4,11-13H2,1-2H3. The molecule has 1 aliphatic heterocycles. The molecule has 0 aliphatic carbocycles. The van der Waals surface area contributed by atoms with Gasteiger partial charge in [0.15, 0.2) is 17.3 Å². The van der Waals surface area contributed by atoms with Gasteiger partial charge in [0.25, 0.3) is 5.89 Å². The average molecular weight is 413 g/mol. The summed E-state index contributed by atoms with van der Waals surface area (Å²) in [5.74, 6) is 2.54. The van der Waals surface area contributed by atoms with Gasteiger partial charge in [-0.25, -0.2) is 0 Å². The zero-order chi connectivity index (χ0) is 20.2. The van der Waals surface area contributed by atoms with Crippen molar-refractivity contribution in [1.29, 1.82) is 0 Å². The lowest BCUT2D eigenvalue weighted by atomic mass is 10.1. The molecule has 8 heteroatoms. The Morgan fingerprint density at radius 3 is 2.79 bits per heavy atom. The van der Waals surface area contributed by atoms with Crippen molar-refractivity contribution in [3.05, 3.63) is 47.1 Å². The Hall–Kier alpha value is -2.87. The van der Waals surface area contributed by atoms with Gasteiger partial charge >= 0.3 is 0 Å². The predicted octanol–water partition coefficient (Wildman–Crippen LogP) is 4.11. The fraction of sp³-hybridized carbons (Fsp3) is 0.381. The SMILES string of the molecule is CCOc1ccc(CN2CC(c3noc(-c4cccs4)n3)CC2=O)cc1OCC. The Morgan fingerprint density at radius 1 is 1.21 bits per heavy atom. The molecule has 152 valence electrons. The van der Waals surface area contributed by atoms with E-state index in [1.165, 1.54) is 0 Å². The Kier molecular flexibility index (Phi) is 5.80. The average Bonchev–Trinajstić information content (AvgIpc) is 3.45. The van der Waals surface area contributed by atoms with Crippen LogP contribution in [0.25, 0.3) is 10.8 Å². The summed E-state index contributed by atoms with van der Waals surface area (Å²) < 4.78 is 16.7. The van der Waals surface area contributed by atoms with E-state index >= 15 is 0 Å². The number of thiophene rings is 1. The monoisotopic (exact) mass is 413 g/mol. The van der Waals surface area contributed by atoms with Crippen LogP contribution in [-0.2, 0) is 11.3 Å². The molecule has 0 N–H and O–H groups in total. The molecule has 0 radical (unpaired) electrons. The molecular weight excluding hydrogens is 390 g/mol. The summed E-state index contributed by atoms with van der Waals surface area (Å²) in [5, 5.41) is 6.07. The maximum atomic E-state index is 12.6. The van der Waals surface area contributed by atoms with Gasteiger partial charge in [0.1, 0.15) is 0 Å². The molecule has 4 rings (SSSR count). The number of nitrogens with zero attached hydrogens (tertiary/aromatic N) is 3. The van der Waals surface area contributed by atoms with Crippen molar-refractivity contribution in [2.45, 2.75) is 32.7 Å². The van der Waals surface area contributed by atoms with Crippen LogP contribution in [0.4, 0.5) is 0 Å². The summed E-state index contributed by atoms with van der Waals surface area (Å²) in [6.07, 6.45) is 0.388. The van der Waals surface area contributed by atoms with E-state index in [1.54, 1.807) is 11.3 Å². The second-order valence-electron chi connectivity index (χ2n) is 6.76. The quantitative estimate of drug-likeness (QED) is 0.553. The zero-order valence-electron chi connectivity index (χ0n) is 16.5. The number of amides is 1. The molecule has 1 atom stereocenters. The van der Waals surface area contributed by atoms with Crippen LogP contribution in [-0.4, -0.2) is 40.7 Å². The highest BCUT2D eigenvalue weighted by molar-refractivity contribution is 7.13. The van der Waals surface area contributed by atoms with E-state index in [2.05, 4.69) is 10.1 Å². The number of carbonyl (C=O) groups excluding carboxylic acids is 1. The minimum absolute atomic E-state index is 0.0611. The first-order chi connectivity index (χ1) is 14.2. The molecule has 1 aromatic carbocycles. The van der Waals surface area contributed by atoms with Crippen LogP contribution in [0.15, 0.2) is 40.2 Å². The van der Waals surface area contributed by atoms with E-state index < -0.39 is 0 Å². The molecule has 7 nitrogen and oxygen atoms in total. The predicted molar refractivity (Wildman–Crippen MR) is 109 cm³/mol. The van der Waals surface area contributed by atoms with Crippen LogP contribution in [0.2, 0.25) is 0 Å². The van der Waals surface area contributed by atoms with E-state index in [0.29, 0.717) is 50.2 Å². The molecule has 1 saturated heterocycles. The van der Waals surface area contributed by atoms with Gasteiger partial charge in [0, 0.05) is 25.4 Å². The fourth-order valence-corrected chi connectivity index (χ4v) is 4.06. The van der Waals surface area contributed by atoms with Crippen LogP contribution < -0.4 is 9.47 Å². The van der Waals surface area contributed by atoms with Gasteiger partial charge in [-0.15, -0.1) is 11.3 Å². The number of benzene rings is 1. The molecule has 1 unspecified atom stereocenters. The second kappa shape index (κ2) is 8.65. The maximum Gasteiger partial charge on any atom is 0.267 e. The lowest BCUT2D eigenvalue weighted by Crippen LogP contribution is -2.24. The third kappa shape index (κ3) is 4.27. The van der Waals surface area contributed by atoms with Crippen molar-refractivity contribution in [2.24, 2.45) is 0 Å². The highest BCUT2D eigenvalue weighted by Gasteiger charge is 2.34. The van der Waals surface area contributed by atoms with Crippen molar-refractivity contribution >= 4 is 17.2 Å². The smallest absolute Gasteiger partial charge is 0.267 e. The highest BCUT2D eigenvalue weighted by atomic mass is 32.1. The highest BCUT2D eigenvalue weighted by Crippen LogP contribution is 2.32. The van der Waals surface area contributed by atoms with Gasteiger partial charge in [-0.2, -0.15) is 4.98 Å². The Bertz CT molecular complexity index is 970. The minimum atomic E-state index is -0.0611. The molecule has 1 fully saturated rings. The molecule has 0 bridgehead atoms. The molecule has 0 spiro atoms. The summed E-state index contributed by atoms with van der Waals surface area (Å²) in [7, 11) is 0. The molecule has 3 aromatic rings. The second-order valence-corrected chi connectivity index (χ2v) is 7.71. The van der Waals surface area contributed by atoms with Crippen LogP contribution in [0.1, 0.15) is 37.6 Å². The Balaban J connectivity index is 1.45. The maximum absolute atomic E-state index is 12.6. The summed E-state index contributed by atoms with van der Waals surface area (Å²) in [6.45, 7) is 6.08. The number of hydrogen-bond donors (Lipinski definition) is 0. The van der Waals surface area contributed by atoms with Crippen LogP contribution in [0, 0.1) is 0 Å². The molecule has 1 amide bonds. The molecule has 2 aromatic heterocycles. The molecule has 3 heterocycles. The van der Waals surface area contributed by atoms with Gasteiger partial charge in [-0.3, -0.25) is 4.79 Å².